The van der Waals surface area contributed by atoms with Gasteiger partial charge < -0.3 is 0 Å². The average molecular weight is 224 g/mol. The van der Waals surface area contributed by atoms with Gasteiger partial charge in [-0.25, -0.2) is 4.63 Å². The molecular formula is C7H2BrN3O. The van der Waals surface area contributed by atoms with E-state index in [1.54, 1.807) is 12.1 Å². The van der Waals surface area contributed by atoms with E-state index in [1.165, 1.54) is 0 Å². The summed E-state index contributed by atoms with van der Waals surface area (Å²) in [6, 6.07) is 5.31. The van der Waals surface area contributed by atoms with E-state index in [9.17, 15) is 0 Å². The lowest BCUT2D eigenvalue weighted by Gasteiger charge is -1.89. The van der Waals surface area contributed by atoms with Gasteiger partial charge in [-0.1, -0.05) is 0 Å². The van der Waals surface area contributed by atoms with Crippen LogP contribution in [0.4, 0.5) is 0 Å². The number of hydrogen-bond donors (Lipinski definition) is 0. The highest BCUT2D eigenvalue weighted by Gasteiger charge is 2.06. The lowest BCUT2D eigenvalue weighted by molar-refractivity contribution is 0.315. The smallest absolute Gasteiger partial charge is 0.149 e. The number of nitrogens with zero attached hydrogens (tertiary/aromatic N) is 3. The summed E-state index contributed by atoms with van der Waals surface area (Å²) in [6.07, 6.45) is 0. The molecule has 0 saturated heterocycles. The number of fused-ring (bicyclic) bond motifs is 1. The number of benzene rings is 1. The Bertz CT molecular complexity index is 471. The van der Waals surface area contributed by atoms with Crippen molar-refractivity contribution in [2.75, 3.05) is 0 Å². The van der Waals surface area contributed by atoms with Gasteiger partial charge in [-0.15, -0.1) is 0 Å². The van der Waals surface area contributed by atoms with Crippen LogP contribution in [0.15, 0.2) is 21.2 Å². The quantitative estimate of drug-likeness (QED) is 0.684. The Kier molecular flexibility index (Phi) is 1.55. The van der Waals surface area contributed by atoms with Crippen LogP contribution in [0.25, 0.3) is 11.0 Å². The van der Waals surface area contributed by atoms with Crippen LogP contribution in [0, 0.1) is 11.3 Å². The zero-order chi connectivity index (χ0) is 8.55. The van der Waals surface area contributed by atoms with Crippen LogP contribution in [-0.2, 0) is 0 Å². The third-order valence-electron chi connectivity index (χ3n) is 1.44. The predicted molar refractivity (Wildman–Crippen MR) is 44.2 cm³/mol. The fourth-order valence-electron chi connectivity index (χ4n) is 0.914. The van der Waals surface area contributed by atoms with E-state index < -0.39 is 0 Å². The van der Waals surface area contributed by atoms with Gasteiger partial charge in [-0.3, -0.25) is 0 Å². The summed E-state index contributed by atoms with van der Waals surface area (Å²) in [5.74, 6) is 0. The van der Waals surface area contributed by atoms with E-state index in [2.05, 4.69) is 30.9 Å². The van der Waals surface area contributed by atoms with Gasteiger partial charge in [-0.2, -0.15) is 5.26 Å². The molecule has 5 heteroatoms. The molecule has 0 radical (unpaired) electrons. The fraction of sp³-hybridized carbons (Fsp3) is 0. The van der Waals surface area contributed by atoms with Crippen molar-refractivity contribution in [2.24, 2.45) is 0 Å². The maximum atomic E-state index is 8.61. The molecule has 0 aliphatic carbocycles. The lowest BCUT2D eigenvalue weighted by Crippen LogP contribution is -1.77. The first-order chi connectivity index (χ1) is 5.81. The Morgan fingerprint density at radius 3 is 3.00 bits per heavy atom. The van der Waals surface area contributed by atoms with Gasteiger partial charge in [0.05, 0.1) is 16.1 Å². The molecule has 0 aliphatic heterocycles. The van der Waals surface area contributed by atoms with E-state index in [4.69, 9.17) is 5.26 Å². The predicted octanol–water partition coefficient (Wildman–Crippen LogP) is 1.86. The first-order valence-corrected chi connectivity index (χ1v) is 3.92. The molecule has 1 heterocycles. The molecule has 58 valence electrons. The summed E-state index contributed by atoms with van der Waals surface area (Å²) in [6.45, 7) is 0. The van der Waals surface area contributed by atoms with Crippen LogP contribution >= 0.6 is 15.9 Å². The van der Waals surface area contributed by atoms with Crippen molar-refractivity contribution in [1.82, 2.24) is 10.3 Å². The van der Waals surface area contributed by atoms with Gasteiger partial charge in [0.1, 0.15) is 11.0 Å². The van der Waals surface area contributed by atoms with Crippen molar-refractivity contribution in [3.05, 3.63) is 22.2 Å². The number of aromatic nitrogens is 2. The molecule has 0 N–H and O–H groups in total. The Morgan fingerprint density at radius 2 is 2.25 bits per heavy atom. The first-order valence-electron chi connectivity index (χ1n) is 3.13. The molecule has 0 atom stereocenters. The highest BCUT2D eigenvalue weighted by molar-refractivity contribution is 9.10. The third kappa shape index (κ3) is 0.970. The highest BCUT2D eigenvalue weighted by Crippen LogP contribution is 2.22. The van der Waals surface area contributed by atoms with E-state index in [0.717, 1.165) is 4.47 Å². The molecule has 0 saturated carbocycles. The molecule has 0 aliphatic rings. The molecule has 12 heavy (non-hydrogen) atoms. The number of rotatable bonds is 0. The molecule has 0 fully saturated rings. The maximum Gasteiger partial charge on any atom is 0.149 e. The fourth-order valence-corrected chi connectivity index (χ4v) is 1.44. The molecule has 2 rings (SSSR count). The maximum absolute atomic E-state index is 8.61. The van der Waals surface area contributed by atoms with Gasteiger partial charge in [-0.05, 0) is 38.4 Å². The zero-order valence-corrected chi connectivity index (χ0v) is 7.37. The first kappa shape index (κ1) is 7.25. The van der Waals surface area contributed by atoms with Gasteiger partial charge in [0.2, 0.25) is 0 Å². The van der Waals surface area contributed by atoms with E-state index >= 15 is 0 Å². The van der Waals surface area contributed by atoms with Gasteiger partial charge in [0.15, 0.2) is 0 Å². The van der Waals surface area contributed by atoms with Crippen LogP contribution in [0.2, 0.25) is 0 Å². The third-order valence-corrected chi connectivity index (χ3v) is 2.05. The molecule has 0 bridgehead atoms. The molecule has 0 spiro atoms. The molecule has 2 aromatic rings. The van der Waals surface area contributed by atoms with Crippen LogP contribution < -0.4 is 0 Å². The van der Waals surface area contributed by atoms with Gasteiger partial charge >= 0.3 is 0 Å². The number of nitriles is 1. The SMILES string of the molecule is N#Cc1cc(Br)c2nonc2c1. The average Bonchev–Trinajstić information content (AvgIpc) is 2.52. The second-order valence-corrected chi connectivity index (χ2v) is 3.06. The topological polar surface area (TPSA) is 62.7 Å². The van der Waals surface area contributed by atoms with Crippen molar-refractivity contribution in [2.45, 2.75) is 0 Å². The normalized spacial score (nSPS) is 10.0. The molecule has 4 nitrogen and oxygen atoms in total. The Hall–Kier alpha value is -1.41. The standard InChI is InChI=1S/C7H2BrN3O/c8-5-1-4(3-9)2-6-7(5)11-12-10-6/h1-2H. The molecule has 1 aromatic carbocycles. The molecule has 0 unspecified atom stereocenters. The van der Waals surface area contributed by atoms with Crippen LogP contribution in [0.1, 0.15) is 5.56 Å². The Morgan fingerprint density at radius 1 is 1.42 bits per heavy atom. The van der Waals surface area contributed by atoms with E-state index in [-0.39, 0.29) is 0 Å². The zero-order valence-electron chi connectivity index (χ0n) is 5.78. The molecule has 0 amide bonds. The summed E-state index contributed by atoms with van der Waals surface area (Å²) >= 11 is 3.25. The highest BCUT2D eigenvalue weighted by atomic mass is 79.9. The number of hydrogen-bond acceptors (Lipinski definition) is 4. The van der Waals surface area contributed by atoms with Crippen molar-refractivity contribution >= 4 is 27.0 Å². The van der Waals surface area contributed by atoms with Gasteiger partial charge in [0.25, 0.3) is 0 Å². The minimum absolute atomic E-state index is 0.532. The molecular weight excluding hydrogens is 222 g/mol. The van der Waals surface area contributed by atoms with Gasteiger partial charge in [0, 0.05) is 0 Å². The van der Waals surface area contributed by atoms with Crippen molar-refractivity contribution < 1.29 is 4.63 Å². The van der Waals surface area contributed by atoms with Crippen LogP contribution in [0.3, 0.4) is 0 Å². The minimum Gasteiger partial charge on any atom is -0.243 e. The summed E-state index contributed by atoms with van der Waals surface area (Å²) < 4.78 is 5.23. The summed E-state index contributed by atoms with van der Waals surface area (Å²) in [5, 5.41) is 15.9. The second kappa shape index (κ2) is 2.57. The minimum atomic E-state index is 0.532. The van der Waals surface area contributed by atoms with Crippen molar-refractivity contribution in [1.29, 1.82) is 5.26 Å². The summed E-state index contributed by atoms with van der Waals surface area (Å²) in [7, 11) is 0. The van der Waals surface area contributed by atoms with Crippen molar-refractivity contribution in [3.8, 4) is 6.07 Å². The lowest BCUT2D eigenvalue weighted by atomic mass is 10.2. The second-order valence-electron chi connectivity index (χ2n) is 2.20. The Balaban J connectivity index is 2.86. The Labute approximate surface area is 75.9 Å². The van der Waals surface area contributed by atoms with Crippen molar-refractivity contribution in [3.63, 3.8) is 0 Å². The van der Waals surface area contributed by atoms with E-state index in [0.29, 0.717) is 16.6 Å². The molecule has 1 aromatic heterocycles. The van der Waals surface area contributed by atoms with Crippen LogP contribution in [0.5, 0.6) is 0 Å². The monoisotopic (exact) mass is 223 g/mol. The summed E-state index contributed by atoms with van der Waals surface area (Å²) in [5.41, 5.74) is 1.75. The summed E-state index contributed by atoms with van der Waals surface area (Å²) in [4.78, 5) is 0. The van der Waals surface area contributed by atoms with E-state index in [1.807, 2.05) is 6.07 Å². The largest absolute Gasteiger partial charge is 0.243 e. The number of halogens is 1. The van der Waals surface area contributed by atoms with Crippen LogP contribution in [-0.4, -0.2) is 10.3 Å².